The van der Waals surface area contributed by atoms with Crippen molar-refractivity contribution in [2.24, 2.45) is 0 Å². The van der Waals surface area contributed by atoms with Gasteiger partial charge < -0.3 is 15.7 Å². The molecule has 0 aliphatic carbocycles. The van der Waals surface area contributed by atoms with Gasteiger partial charge in [-0.15, -0.1) is 0 Å². The monoisotopic (exact) mass is 254 g/mol. The van der Waals surface area contributed by atoms with Gasteiger partial charge in [-0.05, 0) is 20.8 Å². The summed E-state index contributed by atoms with van der Waals surface area (Å²) in [5.41, 5.74) is 0.993. The predicted molar refractivity (Wildman–Crippen MR) is 68.9 cm³/mol. The molecule has 18 heavy (non-hydrogen) atoms. The first-order chi connectivity index (χ1) is 8.52. The van der Waals surface area contributed by atoms with Gasteiger partial charge in [-0.3, -0.25) is 9.48 Å². The Labute approximate surface area is 107 Å². The first-order valence-corrected chi connectivity index (χ1v) is 6.19. The maximum atomic E-state index is 11.7. The summed E-state index contributed by atoms with van der Waals surface area (Å²) < 4.78 is 1.68. The van der Waals surface area contributed by atoms with Gasteiger partial charge >= 0.3 is 0 Å². The highest BCUT2D eigenvalue weighted by Crippen LogP contribution is 1.98. The highest BCUT2D eigenvalue weighted by atomic mass is 16.3. The second-order valence-corrected chi connectivity index (χ2v) is 4.60. The van der Waals surface area contributed by atoms with Crippen molar-refractivity contribution in [2.75, 3.05) is 6.61 Å². The number of rotatable bonds is 7. The van der Waals surface area contributed by atoms with Crippen molar-refractivity contribution in [3.05, 3.63) is 18.0 Å². The van der Waals surface area contributed by atoms with Crippen molar-refractivity contribution in [3.8, 4) is 0 Å². The lowest BCUT2D eigenvalue weighted by Crippen LogP contribution is -2.44. The molecule has 1 aromatic heterocycles. The van der Waals surface area contributed by atoms with Crippen LogP contribution in [0.4, 0.5) is 0 Å². The maximum Gasteiger partial charge on any atom is 0.237 e. The Morgan fingerprint density at radius 3 is 2.83 bits per heavy atom. The van der Waals surface area contributed by atoms with Crippen LogP contribution in [-0.2, 0) is 17.9 Å². The van der Waals surface area contributed by atoms with Gasteiger partial charge in [0.05, 0.1) is 25.4 Å². The molecule has 0 aliphatic rings. The Kier molecular flexibility index (Phi) is 5.80. The molecular formula is C12H22N4O2. The van der Waals surface area contributed by atoms with E-state index < -0.39 is 0 Å². The summed E-state index contributed by atoms with van der Waals surface area (Å²) >= 11 is 0. The predicted octanol–water partition coefficient (Wildman–Crippen LogP) is -0.122. The molecule has 3 N–H and O–H groups in total. The molecule has 0 radical (unpaired) electrons. The zero-order valence-electron chi connectivity index (χ0n) is 11.2. The van der Waals surface area contributed by atoms with E-state index in [9.17, 15) is 4.79 Å². The van der Waals surface area contributed by atoms with Crippen molar-refractivity contribution in [3.63, 3.8) is 0 Å². The quantitative estimate of drug-likeness (QED) is 0.634. The molecule has 0 fully saturated rings. The summed E-state index contributed by atoms with van der Waals surface area (Å²) in [6, 6.07) is -0.0948. The second kappa shape index (κ2) is 7.13. The lowest BCUT2D eigenvalue weighted by molar-refractivity contribution is -0.123. The lowest BCUT2D eigenvalue weighted by Gasteiger charge is -2.15. The van der Waals surface area contributed by atoms with E-state index in [1.165, 1.54) is 0 Å². The van der Waals surface area contributed by atoms with E-state index in [2.05, 4.69) is 15.7 Å². The van der Waals surface area contributed by atoms with Crippen molar-refractivity contribution in [2.45, 2.75) is 45.9 Å². The van der Waals surface area contributed by atoms with Crippen LogP contribution in [-0.4, -0.2) is 39.5 Å². The number of hydrogen-bond donors (Lipinski definition) is 3. The molecule has 1 unspecified atom stereocenters. The summed E-state index contributed by atoms with van der Waals surface area (Å²) in [6.45, 7) is 6.84. The second-order valence-electron chi connectivity index (χ2n) is 4.60. The van der Waals surface area contributed by atoms with Crippen LogP contribution in [0.3, 0.4) is 0 Å². The van der Waals surface area contributed by atoms with Gasteiger partial charge in [0.25, 0.3) is 0 Å². The average molecular weight is 254 g/mol. The van der Waals surface area contributed by atoms with E-state index in [0.29, 0.717) is 13.1 Å². The van der Waals surface area contributed by atoms with Crippen LogP contribution in [0.15, 0.2) is 12.4 Å². The van der Waals surface area contributed by atoms with E-state index in [1.54, 1.807) is 10.9 Å². The zero-order chi connectivity index (χ0) is 13.5. The summed E-state index contributed by atoms with van der Waals surface area (Å²) in [5.74, 6) is -0.00671. The number of nitrogens with zero attached hydrogens (tertiary/aromatic N) is 2. The number of carbonyl (C=O) groups is 1. The topological polar surface area (TPSA) is 79.2 Å². The molecule has 1 heterocycles. The third-order valence-electron chi connectivity index (χ3n) is 2.45. The Morgan fingerprint density at radius 1 is 1.50 bits per heavy atom. The molecule has 1 aromatic rings. The highest BCUT2D eigenvalue weighted by molar-refractivity contribution is 5.81. The summed E-state index contributed by atoms with van der Waals surface area (Å²) in [5, 5.41) is 18.8. The highest BCUT2D eigenvalue weighted by Gasteiger charge is 2.12. The third kappa shape index (κ3) is 4.85. The number of carbonyl (C=O) groups excluding carboxylic acids is 1. The minimum Gasteiger partial charge on any atom is -0.394 e. The average Bonchev–Trinajstić information content (AvgIpc) is 2.73. The number of aliphatic hydroxyl groups is 1. The maximum absolute atomic E-state index is 11.7. The normalized spacial score (nSPS) is 12.7. The minimum atomic E-state index is -0.242. The van der Waals surface area contributed by atoms with Gasteiger partial charge in [0.15, 0.2) is 0 Å². The van der Waals surface area contributed by atoms with Gasteiger partial charge in [0.1, 0.15) is 0 Å². The van der Waals surface area contributed by atoms with Crippen molar-refractivity contribution < 1.29 is 9.90 Å². The van der Waals surface area contributed by atoms with Crippen LogP contribution in [0.5, 0.6) is 0 Å². The fourth-order valence-electron chi connectivity index (χ4n) is 1.50. The van der Waals surface area contributed by atoms with Crippen LogP contribution < -0.4 is 10.6 Å². The molecule has 0 aromatic carbocycles. The molecule has 0 bridgehead atoms. The van der Waals surface area contributed by atoms with Gasteiger partial charge in [-0.1, -0.05) is 0 Å². The van der Waals surface area contributed by atoms with Crippen LogP contribution in [0.25, 0.3) is 0 Å². The SMILES string of the molecule is CC(C)NC(=O)C(C)NCc1cnn(CCO)c1. The standard InChI is InChI=1S/C12H22N4O2/c1-9(2)15-12(18)10(3)13-6-11-7-14-16(8-11)4-5-17/h7-10,13,17H,4-6H2,1-3H3,(H,15,18). The Hall–Kier alpha value is -1.40. The first-order valence-electron chi connectivity index (χ1n) is 6.19. The third-order valence-corrected chi connectivity index (χ3v) is 2.45. The van der Waals surface area contributed by atoms with Crippen LogP contribution >= 0.6 is 0 Å². The van der Waals surface area contributed by atoms with E-state index >= 15 is 0 Å². The fourth-order valence-corrected chi connectivity index (χ4v) is 1.50. The summed E-state index contributed by atoms with van der Waals surface area (Å²) in [6.07, 6.45) is 3.59. The largest absolute Gasteiger partial charge is 0.394 e. The fraction of sp³-hybridized carbons (Fsp3) is 0.667. The molecule has 6 heteroatoms. The minimum absolute atomic E-state index is 0.00671. The molecule has 1 amide bonds. The van der Waals surface area contributed by atoms with E-state index in [0.717, 1.165) is 5.56 Å². The number of nitrogens with one attached hydrogen (secondary N) is 2. The number of hydrogen-bond acceptors (Lipinski definition) is 4. The van der Waals surface area contributed by atoms with Gasteiger partial charge in [0.2, 0.25) is 5.91 Å². The van der Waals surface area contributed by atoms with Gasteiger partial charge in [-0.25, -0.2) is 0 Å². The summed E-state index contributed by atoms with van der Waals surface area (Å²) in [4.78, 5) is 11.7. The number of aromatic nitrogens is 2. The lowest BCUT2D eigenvalue weighted by atomic mass is 10.2. The van der Waals surface area contributed by atoms with Crippen LogP contribution in [0.2, 0.25) is 0 Å². The number of amides is 1. The number of aliphatic hydroxyl groups excluding tert-OH is 1. The Morgan fingerprint density at radius 2 is 2.22 bits per heavy atom. The molecule has 102 valence electrons. The molecule has 1 rings (SSSR count). The molecule has 1 atom stereocenters. The van der Waals surface area contributed by atoms with Gasteiger partial charge in [-0.2, -0.15) is 5.10 Å². The molecule has 0 spiro atoms. The zero-order valence-corrected chi connectivity index (χ0v) is 11.2. The van der Waals surface area contributed by atoms with Crippen molar-refractivity contribution in [1.29, 1.82) is 0 Å². The molecule has 0 saturated carbocycles. The Bertz CT molecular complexity index is 376. The smallest absolute Gasteiger partial charge is 0.237 e. The summed E-state index contributed by atoms with van der Waals surface area (Å²) in [7, 11) is 0. The van der Waals surface area contributed by atoms with Crippen molar-refractivity contribution >= 4 is 5.91 Å². The first kappa shape index (κ1) is 14.7. The van der Waals surface area contributed by atoms with Crippen LogP contribution in [0, 0.1) is 0 Å². The van der Waals surface area contributed by atoms with Crippen molar-refractivity contribution in [1.82, 2.24) is 20.4 Å². The van der Waals surface area contributed by atoms with Crippen LogP contribution in [0.1, 0.15) is 26.3 Å². The molecule has 0 saturated heterocycles. The Balaban J connectivity index is 2.37. The van der Waals surface area contributed by atoms with E-state index in [-0.39, 0.29) is 24.6 Å². The van der Waals surface area contributed by atoms with E-state index in [1.807, 2.05) is 27.0 Å². The molecule has 0 aliphatic heterocycles. The molecule has 6 nitrogen and oxygen atoms in total. The molecular weight excluding hydrogens is 232 g/mol. The van der Waals surface area contributed by atoms with Gasteiger partial charge in [0, 0.05) is 24.3 Å². The van der Waals surface area contributed by atoms with E-state index in [4.69, 9.17) is 5.11 Å².